The molecule has 108 valence electrons. The van der Waals surface area contributed by atoms with Crippen molar-refractivity contribution in [3.05, 3.63) is 57.9 Å². The molecule has 0 amide bonds. The van der Waals surface area contributed by atoms with Gasteiger partial charge in [0.15, 0.2) is 0 Å². The van der Waals surface area contributed by atoms with Crippen molar-refractivity contribution in [1.29, 1.82) is 0 Å². The first-order chi connectivity index (χ1) is 10.2. The average Bonchev–Trinajstić information content (AvgIpc) is 3.11. The molecule has 2 heterocycles. The molecular weight excluding hydrogens is 296 g/mol. The number of rotatable bonds is 5. The number of nitrogens with zero attached hydrogens (tertiary/aromatic N) is 2. The smallest absolute Gasteiger partial charge is 0.123 e. The quantitative estimate of drug-likeness (QED) is 0.688. The minimum Gasteiger partial charge on any atom is -0.309 e. The first-order valence-electron chi connectivity index (χ1n) is 6.91. The van der Waals surface area contributed by atoms with Crippen molar-refractivity contribution in [2.24, 2.45) is 0 Å². The van der Waals surface area contributed by atoms with E-state index in [1.807, 2.05) is 22.9 Å². The molecule has 4 heteroatoms. The van der Waals surface area contributed by atoms with Crippen LogP contribution in [0.25, 0.3) is 15.7 Å². The maximum Gasteiger partial charge on any atom is 0.123 e. The normalized spacial score (nSPS) is 11.4. The van der Waals surface area contributed by atoms with Crippen molar-refractivity contribution in [1.82, 2.24) is 9.88 Å². The predicted octanol–water partition coefficient (Wildman–Crippen LogP) is 4.52. The standard InChI is InChI=1S/C17H18N2S2/c1-12(17-18-9-11-20-17)16-13-6-4-5-7-14(13)21-15(16)8-10-19(2)3/h4-7,9,11H,1,8,10H2,2-3H3. The molecule has 0 aliphatic carbocycles. The first-order valence-corrected chi connectivity index (χ1v) is 8.60. The van der Waals surface area contributed by atoms with Crippen LogP contribution in [0.5, 0.6) is 0 Å². The third-order valence-corrected chi connectivity index (χ3v) is 5.51. The van der Waals surface area contributed by atoms with E-state index in [0.717, 1.165) is 23.5 Å². The lowest BCUT2D eigenvalue weighted by Gasteiger charge is -2.10. The summed E-state index contributed by atoms with van der Waals surface area (Å²) in [5.74, 6) is 0. The Bertz CT molecular complexity index is 754. The number of hydrogen-bond acceptors (Lipinski definition) is 4. The molecule has 21 heavy (non-hydrogen) atoms. The maximum atomic E-state index is 4.43. The Balaban J connectivity index is 2.09. The van der Waals surface area contributed by atoms with Crippen LogP contribution in [0.2, 0.25) is 0 Å². The first kappa shape index (κ1) is 14.4. The number of benzene rings is 1. The summed E-state index contributed by atoms with van der Waals surface area (Å²) >= 11 is 3.54. The Labute approximate surface area is 133 Å². The summed E-state index contributed by atoms with van der Waals surface area (Å²) in [4.78, 5) is 8.06. The predicted molar refractivity (Wildman–Crippen MR) is 94.3 cm³/mol. The molecular formula is C17H18N2S2. The van der Waals surface area contributed by atoms with Crippen molar-refractivity contribution < 1.29 is 0 Å². The Morgan fingerprint density at radius 1 is 1.29 bits per heavy atom. The van der Waals surface area contributed by atoms with Crippen molar-refractivity contribution in [2.45, 2.75) is 6.42 Å². The van der Waals surface area contributed by atoms with Crippen LogP contribution < -0.4 is 0 Å². The van der Waals surface area contributed by atoms with Gasteiger partial charge in [-0.25, -0.2) is 4.98 Å². The van der Waals surface area contributed by atoms with E-state index < -0.39 is 0 Å². The summed E-state index contributed by atoms with van der Waals surface area (Å²) in [5, 5.41) is 4.33. The van der Waals surface area contributed by atoms with E-state index in [0.29, 0.717) is 0 Å². The fraction of sp³-hybridized carbons (Fsp3) is 0.235. The highest BCUT2D eigenvalue weighted by atomic mass is 32.1. The van der Waals surface area contributed by atoms with Gasteiger partial charge in [0, 0.05) is 44.2 Å². The molecule has 2 aromatic heterocycles. The van der Waals surface area contributed by atoms with Crippen LogP contribution in [0.15, 0.2) is 42.4 Å². The Hall–Kier alpha value is -1.49. The van der Waals surface area contributed by atoms with E-state index in [9.17, 15) is 0 Å². The van der Waals surface area contributed by atoms with E-state index >= 15 is 0 Å². The highest BCUT2D eigenvalue weighted by Crippen LogP contribution is 2.38. The summed E-state index contributed by atoms with van der Waals surface area (Å²) in [6.07, 6.45) is 2.89. The molecule has 0 unspecified atom stereocenters. The van der Waals surface area contributed by atoms with E-state index in [2.05, 4.69) is 54.8 Å². The zero-order chi connectivity index (χ0) is 14.8. The third kappa shape index (κ3) is 2.93. The summed E-state index contributed by atoms with van der Waals surface area (Å²) < 4.78 is 1.33. The van der Waals surface area contributed by atoms with E-state index in [1.54, 1.807) is 11.3 Å². The molecule has 3 aromatic rings. The fourth-order valence-electron chi connectivity index (χ4n) is 2.41. The lowest BCUT2D eigenvalue weighted by molar-refractivity contribution is 0.415. The molecule has 0 aliphatic heterocycles. The molecule has 0 bridgehead atoms. The number of fused-ring (bicyclic) bond motifs is 1. The van der Waals surface area contributed by atoms with E-state index in [4.69, 9.17) is 0 Å². The molecule has 0 N–H and O–H groups in total. The van der Waals surface area contributed by atoms with Crippen LogP contribution in [0.4, 0.5) is 0 Å². The topological polar surface area (TPSA) is 16.1 Å². The summed E-state index contributed by atoms with van der Waals surface area (Å²) in [7, 11) is 4.23. The fourth-order valence-corrected chi connectivity index (χ4v) is 4.24. The van der Waals surface area contributed by atoms with Gasteiger partial charge in [-0.05, 0) is 26.6 Å². The lowest BCUT2D eigenvalue weighted by Crippen LogP contribution is -2.15. The number of thiophene rings is 1. The molecule has 0 saturated carbocycles. The van der Waals surface area contributed by atoms with Gasteiger partial charge in [-0.1, -0.05) is 24.8 Å². The van der Waals surface area contributed by atoms with Gasteiger partial charge in [0.2, 0.25) is 0 Å². The van der Waals surface area contributed by atoms with Gasteiger partial charge < -0.3 is 4.90 Å². The van der Waals surface area contributed by atoms with Gasteiger partial charge in [-0.3, -0.25) is 0 Å². The zero-order valence-corrected chi connectivity index (χ0v) is 13.9. The average molecular weight is 314 g/mol. The third-order valence-electron chi connectivity index (χ3n) is 3.45. The Morgan fingerprint density at radius 2 is 2.10 bits per heavy atom. The number of likely N-dealkylation sites (N-methyl/N-ethyl adjacent to an activating group) is 1. The van der Waals surface area contributed by atoms with Gasteiger partial charge in [0.1, 0.15) is 5.01 Å². The van der Waals surface area contributed by atoms with Crippen LogP contribution in [0.1, 0.15) is 15.4 Å². The van der Waals surface area contributed by atoms with Crippen molar-refractivity contribution >= 4 is 38.3 Å². The van der Waals surface area contributed by atoms with Gasteiger partial charge in [-0.2, -0.15) is 0 Å². The summed E-state index contributed by atoms with van der Waals surface area (Å²) in [6.45, 7) is 5.37. The van der Waals surface area contributed by atoms with E-state index in [1.165, 1.54) is 20.5 Å². The lowest BCUT2D eigenvalue weighted by atomic mass is 10.0. The van der Waals surface area contributed by atoms with Crippen LogP contribution in [-0.4, -0.2) is 30.5 Å². The van der Waals surface area contributed by atoms with Crippen molar-refractivity contribution in [2.75, 3.05) is 20.6 Å². The van der Waals surface area contributed by atoms with Crippen LogP contribution >= 0.6 is 22.7 Å². The monoisotopic (exact) mass is 314 g/mol. The highest BCUT2D eigenvalue weighted by Gasteiger charge is 2.17. The molecule has 1 aromatic carbocycles. The largest absolute Gasteiger partial charge is 0.309 e. The summed E-state index contributed by atoms with van der Waals surface area (Å²) in [6, 6.07) is 8.59. The summed E-state index contributed by atoms with van der Waals surface area (Å²) in [5.41, 5.74) is 2.34. The number of thiazole rings is 1. The molecule has 3 rings (SSSR count). The zero-order valence-electron chi connectivity index (χ0n) is 12.3. The molecule has 0 fully saturated rings. The molecule has 0 radical (unpaired) electrons. The number of hydrogen-bond donors (Lipinski definition) is 0. The second-order valence-corrected chi connectivity index (χ2v) is 7.30. The molecule has 0 aliphatic rings. The Morgan fingerprint density at radius 3 is 2.81 bits per heavy atom. The SMILES string of the molecule is C=C(c1nccs1)c1c(CCN(C)C)sc2ccccc12. The van der Waals surface area contributed by atoms with Crippen molar-refractivity contribution in [3.8, 4) is 0 Å². The van der Waals surface area contributed by atoms with Gasteiger partial charge in [-0.15, -0.1) is 22.7 Å². The van der Waals surface area contributed by atoms with Crippen LogP contribution in [0.3, 0.4) is 0 Å². The number of aromatic nitrogens is 1. The molecule has 2 nitrogen and oxygen atoms in total. The molecule has 0 saturated heterocycles. The minimum absolute atomic E-state index is 1.02. The van der Waals surface area contributed by atoms with Crippen LogP contribution in [0, 0.1) is 0 Å². The van der Waals surface area contributed by atoms with Crippen molar-refractivity contribution in [3.63, 3.8) is 0 Å². The second-order valence-electron chi connectivity index (χ2n) is 5.27. The second kappa shape index (κ2) is 6.10. The maximum absolute atomic E-state index is 4.43. The Kier molecular flexibility index (Phi) is 4.19. The highest BCUT2D eigenvalue weighted by molar-refractivity contribution is 7.19. The minimum atomic E-state index is 1.02. The van der Waals surface area contributed by atoms with Crippen LogP contribution in [-0.2, 0) is 6.42 Å². The van der Waals surface area contributed by atoms with E-state index in [-0.39, 0.29) is 0 Å². The van der Waals surface area contributed by atoms with Gasteiger partial charge in [0.05, 0.1) is 0 Å². The van der Waals surface area contributed by atoms with Gasteiger partial charge >= 0.3 is 0 Å². The molecule has 0 spiro atoms. The van der Waals surface area contributed by atoms with Gasteiger partial charge in [0.25, 0.3) is 0 Å². The molecule has 0 atom stereocenters.